The van der Waals surface area contributed by atoms with E-state index >= 15 is 0 Å². The molecule has 1 fully saturated rings. The number of rotatable bonds is 7. The van der Waals surface area contributed by atoms with Gasteiger partial charge in [-0.15, -0.1) is 0 Å². The van der Waals surface area contributed by atoms with E-state index in [4.69, 9.17) is 9.26 Å². The van der Waals surface area contributed by atoms with E-state index in [1.54, 1.807) is 12.0 Å². The van der Waals surface area contributed by atoms with Crippen molar-refractivity contribution in [2.45, 2.75) is 13.1 Å². The van der Waals surface area contributed by atoms with Gasteiger partial charge in [0.1, 0.15) is 12.3 Å². The van der Waals surface area contributed by atoms with Crippen LogP contribution in [0.1, 0.15) is 5.89 Å². The number of hydrogen-bond acceptors (Lipinski definition) is 9. The zero-order chi connectivity index (χ0) is 23.4. The monoisotopic (exact) mass is 454 g/mol. The number of hydrogen-bond donors (Lipinski definition) is 0. The molecule has 172 valence electrons. The van der Waals surface area contributed by atoms with Gasteiger partial charge in [-0.3, -0.25) is 29.2 Å². The van der Waals surface area contributed by atoms with E-state index in [1.807, 2.05) is 24.3 Å². The van der Waals surface area contributed by atoms with Crippen molar-refractivity contribution in [2.24, 2.45) is 0 Å². The Kier molecular flexibility index (Phi) is 6.45. The summed E-state index contributed by atoms with van der Waals surface area (Å²) in [4.78, 5) is 43.0. The number of ether oxygens (including phenoxy) is 1. The molecule has 0 atom stereocenters. The van der Waals surface area contributed by atoms with Gasteiger partial charge in [-0.2, -0.15) is 4.98 Å². The minimum atomic E-state index is -0.600. The average Bonchev–Trinajstić information content (AvgIpc) is 3.29. The zero-order valence-corrected chi connectivity index (χ0v) is 17.9. The first-order valence-electron chi connectivity index (χ1n) is 10.2. The van der Waals surface area contributed by atoms with Gasteiger partial charge in [0.25, 0.3) is 11.2 Å². The lowest BCUT2D eigenvalue weighted by Crippen LogP contribution is -2.49. The number of methoxy groups -OCH3 is 1. The molecule has 1 aromatic carbocycles. The molecule has 12 nitrogen and oxygen atoms in total. The number of piperazine rings is 1. The average molecular weight is 454 g/mol. The van der Waals surface area contributed by atoms with Gasteiger partial charge >= 0.3 is 0 Å². The fraction of sp³-hybridized carbons (Fsp3) is 0.333. The quantitative estimate of drug-likeness (QED) is 0.380. The predicted molar refractivity (Wildman–Crippen MR) is 115 cm³/mol. The maximum atomic E-state index is 12.6. The van der Waals surface area contributed by atoms with E-state index < -0.39 is 10.5 Å². The molecule has 3 aromatic rings. The molecule has 1 amide bonds. The second-order valence-corrected chi connectivity index (χ2v) is 7.51. The third-order valence-electron chi connectivity index (χ3n) is 5.38. The molecular formula is C21H22N6O6. The van der Waals surface area contributed by atoms with E-state index in [2.05, 4.69) is 15.0 Å². The zero-order valence-electron chi connectivity index (χ0n) is 17.9. The third kappa shape index (κ3) is 5.23. The van der Waals surface area contributed by atoms with E-state index in [-0.39, 0.29) is 18.1 Å². The van der Waals surface area contributed by atoms with Crippen LogP contribution in [0.5, 0.6) is 5.75 Å². The highest BCUT2D eigenvalue weighted by molar-refractivity contribution is 5.76. The molecule has 0 unspecified atom stereocenters. The van der Waals surface area contributed by atoms with Crippen LogP contribution in [0.25, 0.3) is 11.4 Å². The summed E-state index contributed by atoms with van der Waals surface area (Å²) in [5.41, 5.74) is 0.120. The number of carbonyl (C=O) groups excluding carboxylic acids is 1. The Balaban J connectivity index is 1.31. The Morgan fingerprint density at radius 1 is 1.15 bits per heavy atom. The van der Waals surface area contributed by atoms with Crippen LogP contribution in [-0.4, -0.2) is 68.6 Å². The molecule has 0 bridgehead atoms. The van der Waals surface area contributed by atoms with Crippen molar-refractivity contribution >= 4 is 11.6 Å². The summed E-state index contributed by atoms with van der Waals surface area (Å²) in [7, 11) is 1.60. The van der Waals surface area contributed by atoms with Gasteiger partial charge in [-0.1, -0.05) is 5.16 Å². The number of nitro groups is 1. The summed E-state index contributed by atoms with van der Waals surface area (Å²) < 4.78 is 11.6. The molecule has 3 heterocycles. The molecule has 4 rings (SSSR count). The first kappa shape index (κ1) is 22.1. The minimum absolute atomic E-state index is 0.235. The van der Waals surface area contributed by atoms with Crippen LogP contribution in [0.4, 0.5) is 5.69 Å². The molecule has 0 aliphatic carbocycles. The molecule has 12 heteroatoms. The summed E-state index contributed by atoms with van der Waals surface area (Å²) in [6, 6.07) is 9.56. The van der Waals surface area contributed by atoms with Crippen molar-refractivity contribution in [3.8, 4) is 17.1 Å². The van der Waals surface area contributed by atoms with Gasteiger partial charge in [-0.05, 0) is 24.3 Å². The Hall–Kier alpha value is -4.06. The van der Waals surface area contributed by atoms with Crippen LogP contribution >= 0.6 is 0 Å². The lowest BCUT2D eigenvalue weighted by Gasteiger charge is -2.34. The molecule has 1 aliphatic rings. The number of benzene rings is 1. The number of carbonyl (C=O) groups is 1. The Morgan fingerprint density at radius 2 is 1.88 bits per heavy atom. The minimum Gasteiger partial charge on any atom is -0.497 e. The van der Waals surface area contributed by atoms with Crippen LogP contribution in [0.3, 0.4) is 0 Å². The van der Waals surface area contributed by atoms with Crippen molar-refractivity contribution < 1.29 is 19.0 Å². The van der Waals surface area contributed by atoms with Crippen LogP contribution in [-0.2, 0) is 17.9 Å². The fourth-order valence-electron chi connectivity index (χ4n) is 3.52. The van der Waals surface area contributed by atoms with Gasteiger partial charge in [0.2, 0.25) is 17.6 Å². The van der Waals surface area contributed by atoms with Crippen LogP contribution in [0, 0.1) is 10.1 Å². The highest BCUT2D eigenvalue weighted by Gasteiger charge is 2.23. The second kappa shape index (κ2) is 9.61. The summed E-state index contributed by atoms with van der Waals surface area (Å²) >= 11 is 0. The smallest absolute Gasteiger partial charge is 0.285 e. The Labute approximate surface area is 188 Å². The normalized spacial score (nSPS) is 14.3. The van der Waals surface area contributed by atoms with Gasteiger partial charge in [0.15, 0.2) is 0 Å². The van der Waals surface area contributed by atoms with Gasteiger partial charge < -0.3 is 14.2 Å². The summed E-state index contributed by atoms with van der Waals surface area (Å²) in [6.07, 6.45) is 1.09. The maximum absolute atomic E-state index is 12.6. The molecule has 0 N–H and O–H groups in total. The van der Waals surface area contributed by atoms with Crippen LogP contribution in [0.2, 0.25) is 0 Å². The fourth-order valence-corrected chi connectivity index (χ4v) is 3.52. The summed E-state index contributed by atoms with van der Waals surface area (Å²) in [5.74, 6) is 1.44. The van der Waals surface area contributed by atoms with Gasteiger partial charge in [0, 0.05) is 43.9 Å². The van der Waals surface area contributed by atoms with E-state index in [0.717, 1.165) is 34.2 Å². The first-order valence-corrected chi connectivity index (χ1v) is 10.2. The highest BCUT2D eigenvalue weighted by atomic mass is 16.6. The predicted octanol–water partition coefficient (Wildman–Crippen LogP) is 1.16. The second-order valence-electron chi connectivity index (χ2n) is 7.51. The molecule has 1 saturated heterocycles. The lowest BCUT2D eigenvalue weighted by atomic mass is 10.2. The van der Waals surface area contributed by atoms with Crippen molar-refractivity contribution in [1.29, 1.82) is 0 Å². The Bertz CT molecular complexity index is 1200. The van der Waals surface area contributed by atoms with E-state index in [0.29, 0.717) is 44.4 Å². The maximum Gasteiger partial charge on any atom is 0.285 e. The Morgan fingerprint density at radius 3 is 2.55 bits per heavy atom. The van der Waals surface area contributed by atoms with Gasteiger partial charge in [0.05, 0.1) is 24.8 Å². The molecule has 0 saturated carbocycles. The lowest BCUT2D eigenvalue weighted by molar-refractivity contribution is -0.385. The van der Waals surface area contributed by atoms with E-state index in [1.165, 1.54) is 0 Å². The molecule has 0 spiro atoms. The molecule has 33 heavy (non-hydrogen) atoms. The van der Waals surface area contributed by atoms with Crippen molar-refractivity contribution in [2.75, 3.05) is 33.3 Å². The van der Waals surface area contributed by atoms with Gasteiger partial charge in [-0.25, -0.2) is 0 Å². The standard InChI is InChI=1S/C21H22N6O6/c1-32-17-5-2-15(3-6-17)21-22-18(33-23-21)13-24-8-10-25(11-9-24)20(29)14-26-12-16(27(30)31)4-7-19(26)28/h2-7,12H,8-11,13-14H2,1H3. The third-order valence-corrected chi connectivity index (χ3v) is 5.38. The molecule has 2 aromatic heterocycles. The van der Waals surface area contributed by atoms with Crippen molar-refractivity contribution in [3.05, 3.63) is 69.0 Å². The topological polar surface area (TPSA) is 137 Å². The SMILES string of the molecule is COc1ccc(-c2noc(CN3CCN(C(=O)Cn4cc([N+](=O)[O-])ccc4=O)CC3)n2)cc1. The van der Waals surface area contributed by atoms with Crippen LogP contribution < -0.4 is 10.3 Å². The van der Waals surface area contributed by atoms with Crippen molar-refractivity contribution in [3.63, 3.8) is 0 Å². The number of amides is 1. The van der Waals surface area contributed by atoms with Crippen molar-refractivity contribution in [1.82, 2.24) is 24.5 Å². The summed E-state index contributed by atoms with van der Waals surface area (Å²) in [5, 5.41) is 14.9. The van der Waals surface area contributed by atoms with E-state index in [9.17, 15) is 19.7 Å². The first-order chi connectivity index (χ1) is 15.9. The number of aromatic nitrogens is 3. The van der Waals surface area contributed by atoms with Crippen LogP contribution in [0.15, 0.2) is 51.9 Å². The summed E-state index contributed by atoms with van der Waals surface area (Å²) in [6.45, 7) is 2.32. The highest BCUT2D eigenvalue weighted by Crippen LogP contribution is 2.20. The molecule has 1 aliphatic heterocycles. The molecule has 0 radical (unpaired) electrons. The molecular weight excluding hydrogens is 432 g/mol. The number of nitrogens with zero attached hydrogens (tertiary/aromatic N) is 6. The number of pyridine rings is 1. The largest absolute Gasteiger partial charge is 0.497 e.